The molecule has 0 aliphatic heterocycles. The fourth-order valence-corrected chi connectivity index (χ4v) is 4.89. The molecule has 0 fully saturated rings. The first-order valence-electron chi connectivity index (χ1n) is 10.4. The van der Waals surface area contributed by atoms with Gasteiger partial charge in [0, 0.05) is 6.42 Å². The highest BCUT2D eigenvalue weighted by Gasteiger charge is 2.62. The normalized spacial score (nSPS) is 26.6. The van der Waals surface area contributed by atoms with Crippen molar-refractivity contribution >= 4 is 5.97 Å². The van der Waals surface area contributed by atoms with E-state index in [-0.39, 0.29) is 6.42 Å². The molecule has 2 N–H and O–H groups in total. The smallest absolute Gasteiger partial charge is 0.312 e. The molecule has 5 rings (SSSR count). The van der Waals surface area contributed by atoms with Gasteiger partial charge in [-0.05, 0) is 40.8 Å². The third kappa shape index (κ3) is 2.95. The van der Waals surface area contributed by atoms with Crippen LogP contribution in [-0.2, 0) is 20.7 Å². The van der Waals surface area contributed by atoms with Gasteiger partial charge in [0.05, 0.1) is 19.6 Å². The summed E-state index contributed by atoms with van der Waals surface area (Å²) in [5.41, 5.74) is -0.585. The standard InChI is InChI=1S/C24H28O5/c1-3-4-5-8-13-29-22(25)21-15-23(26)17-9-6-7-10-18(17)24(21,27)19-12-11-16(28-2)14-20(19)23/h6-7,9-12,14,21,26-27H,3-5,8,13,15H2,1-2H3. The van der Waals surface area contributed by atoms with Crippen molar-refractivity contribution in [1.29, 1.82) is 0 Å². The Hall–Kier alpha value is -2.37. The highest BCUT2D eigenvalue weighted by molar-refractivity contribution is 5.79. The van der Waals surface area contributed by atoms with E-state index in [4.69, 9.17) is 9.47 Å². The summed E-state index contributed by atoms with van der Waals surface area (Å²) in [6.07, 6.45) is 4.11. The minimum absolute atomic E-state index is 0.0779. The second kappa shape index (κ2) is 7.47. The van der Waals surface area contributed by atoms with Crippen molar-refractivity contribution < 1.29 is 24.5 Å². The SMILES string of the molecule is CCCCCCOC(=O)C1CC2(O)c3ccccc3C1(O)c1ccc(OC)cc12. The van der Waals surface area contributed by atoms with Crippen molar-refractivity contribution in [2.24, 2.45) is 5.92 Å². The zero-order chi connectivity index (χ0) is 20.6. The molecule has 0 saturated heterocycles. The molecule has 3 atom stereocenters. The Morgan fingerprint density at radius 1 is 1.03 bits per heavy atom. The average molecular weight is 396 g/mol. The average Bonchev–Trinajstić information content (AvgIpc) is 2.75. The topological polar surface area (TPSA) is 76.0 Å². The summed E-state index contributed by atoms with van der Waals surface area (Å²) in [5.74, 6) is -0.728. The first-order chi connectivity index (χ1) is 14.0. The zero-order valence-corrected chi connectivity index (χ0v) is 17.0. The van der Waals surface area contributed by atoms with Crippen LogP contribution in [0.1, 0.15) is 61.3 Å². The highest BCUT2D eigenvalue weighted by atomic mass is 16.5. The van der Waals surface area contributed by atoms with E-state index >= 15 is 0 Å². The van der Waals surface area contributed by atoms with Crippen molar-refractivity contribution in [2.75, 3.05) is 13.7 Å². The zero-order valence-electron chi connectivity index (χ0n) is 17.0. The summed E-state index contributed by atoms with van der Waals surface area (Å²) in [6, 6.07) is 12.5. The molecular weight excluding hydrogens is 368 g/mol. The van der Waals surface area contributed by atoms with Gasteiger partial charge < -0.3 is 19.7 Å². The Morgan fingerprint density at radius 2 is 1.76 bits per heavy atom. The minimum Gasteiger partial charge on any atom is -0.497 e. The third-order valence-corrected chi connectivity index (χ3v) is 6.40. The fourth-order valence-electron chi connectivity index (χ4n) is 4.89. The van der Waals surface area contributed by atoms with Crippen LogP contribution in [0.3, 0.4) is 0 Å². The van der Waals surface area contributed by atoms with E-state index in [1.807, 2.05) is 18.2 Å². The van der Waals surface area contributed by atoms with Crippen LogP contribution in [0, 0.1) is 5.92 Å². The van der Waals surface area contributed by atoms with Crippen LogP contribution in [0.15, 0.2) is 42.5 Å². The summed E-state index contributed by atoms with van der Waals surface area (Å²) in [6.45, 7) is 2.46. The maximum absolute atomic E-state index is 13.0. The second-order valence-corrected chi connectivity index (χ2v) is 8.07. The maximum Gasteiger partial charge on any atom is 0.312 e. The largest absolute Gasteiger partial charge is 0.497 e. The Balaban J connectivity index is 1.73. The van der Waals surface area contributed by atoms with Crippen LogP contribution in [0.25, 0.3) is 0 Å². The summed E-state index contributed by atoms with van der Waals surface area (Å²) in [5, 5.41) is 23.7. The molecule has 0 radical (unpaired) electrons. The molecular formula is C24H28O5. The lowest BCUT2D eigenvalue weighted by molar-refractivity contribution is -0.167. The van der Waals surface area contributed by atoms with Crippen molar-refractivity contribution in [3.8, 4) is 5.75 Å². The van der Waals surface area contributed by atoms with Gasteiger partial charge in [0.1, 0.15) is 17.0 Å². The number of hydrogen-bond donors (Lipinski definition) is 2. The summed E-state index contributed by atoms with van der Waals surface area (Å²) < 4.78 is 10.9. The Morgan fingerprint density at radius 3 is 2.48 bits per heavy atom. The number of carbonyl (C=O) groups excluding carboxylic acids is 1. The van der Waals surface area contributed by atoms with Gasteiger partial charge in [-0.1, -0.05) is 56.5 Å². The number of aliphatic hydroxyl groups is 2. The van der Waals surface area contributed by atoms with Crippen molar-refractivity contribution in [3.05, 3.63) is 64.7 Å². The van der Waals surface area contributed by atoms with E-state index in [1.54, 1.807) is 31.4 Å². The lowest BCUT2D eigenvalue weighted by atomic mass is 9.54. The number of hydrogen-bond acceptors (Lipinski definition) is 5. The molecule has 2 aromatic carbocycles. The van der Waals surface area contributed by atoms with Gasteiger partial charge in [0.15, 0.2) is 0 Å². The van der Waals surface area contributed by atoms with Crippen LogP contribution >= 0.6 is 0 Å². The molecule has 29 heavy (non-hydrogen) atoms. The number of carbonyl (C=O) groups is 1. The van der Waals surface area contributed by atoms with E-state index in [0.29, 0.717) is 34.6 Å². The van der Waals surface area contributed by atoms with Crippen LogP contribution < -0.4 is 4.74 Å². The number of rotatable bonds is 7. The van der Waals surface area contributed by atoms with Crippen molar-refractivity contribution in [1.82, 2.24) is 0 Å². The van der Waals surface area contributed by atoms with Crippen molar-refractivity contribution in [2.45, 2.75) is 50.2 Å². The Kier molecular flexibility index (Phi) is 5.13. The summed E-state index contributed by atoms with van der Waals surface area (Å²) in [4.78, 5) is 13.0. The summed E-state index contributed by atoms with van der Waals surface area (Å²) >= 11 is 0. The van der Waals surface area contributed by atoms with E-state index in [1.165, 1.54) is 0 Å². The monoisotopic (exact) mass is 396 g/mol. The molecule has 0 amide bonds. The number of ether oxygens (including phenoxy) is 2. The third-order valence-electron chi connectivity index (χ3n) is 6.40. The number of fused-ring (bicyclic) bond motifs is 1. The number of benzene rings is 2. The van der Waals surface area contributed by atoms with Gasteiger partial charge in [-0.25, -0.2) is 0 Å². The van der Waals surface area contributed by atoms with E-state index in [2.05, 4.69) is 6.92 Å². The van der Waals surface area contributed by atoms with Gasteiger partial charge in [-0.15, -0.1) is 0 Å². The quantitative estimate of drug-likeness (QED) is 0.552. The van der Waals surface area contributed by atoms with Gasteiger partial charge in [0.25, 0.3) is 0 Å². The van der Waals surface area contributed by atoms with Crippen LogP contribution in [0.2, 0.25) is 0 Å². The number of methoxy groups -OCH3 is 1. The molecule has 3 aliphatic rings. The molecule has 3 aliphatic carbocycles. The van der Waals surface area contributed by atoms with E-state index < -0.39 is 23.1 Å². The number of esters is 1. The Bertz CT molecular complexity index is 923. The minimum atomic E-state index is -1.54. The number of unbranched alkanes of at least 4 members (excludes halogenated alkanes) is 3. The predicted octanol–water partition coefficient (Wildman–Crippen LogP) is 3.62. The second-order valence-electron chi connectivity index (χ2n) is 8.07. The van der Waals surface area contributed by atoms with E-state index in [9.17, 15) is 15.0 Å². The molecule has 5 nitrogen and oxygen atoms in total. The van der Waals surface area contributed by atoms with Gasteiger partial charge in [0.2, 0.25) is 0 Å². The molecule has 0 spiro atoms. The fraction of sp³-hybridized carbons (Fsp3) is 0.458. The summed E-state index contributed by atoms with van der Waals surface area (Å²) in [7, 11) is 1.56. The van der Waals surface area contributed by atoms with Crippen LogP contribution in [0.5, 0.6) is 5.75 Å². The molecule has 3 unspecified atom stereocenters. The predicted molar refractivity (Wildman–Crippen MR) is 109 cm³/mol. The molecule has 0 heterocycles. The van der Waals surface area contributed by atoms with E-state index in [0.717, 1.165) is 25.7 Å². The van der Waals surface area contributed by atoms with Crippen molar-refractivity contribution in [3.63, 3.8) is 0 Å². The maximum atomic E-state index is 13.0. The van der Waals surface area contributed by atoms with Gasteiger partial charge in [-0.3, -0.25) is 4.79 Å². The molecule has 0 saturated carbocycles. The molecule has 2 bridgehead atoms. The molecule has 5 heteroatoms. The highest BCUT2D eigenvalue weighted by Crippen LogP contribution is 2.60. The molecule has 2 aromatic rings. The first-order valence-corrected chi connectivity index (χ1v) is 10.4. The lowest BCUT2D eigenvalue weighted by Crippen LogP contribution is -2.57. The lowest BCUT2D eigenvalue weighted by Gasteiger charge is -2.53. The van der Waals surface area contributed by atoms with Gasteiger partial charge in [-0.2, -0.15) is 0 Å². The first kappa shape index (κ1) is 19.9. The van der Waals surface area contributed by atoms with Crippen LogP contribution in [-0.4, -0.2) is 29.9 Å². The van der Waals surface area contributed by atoms with Crippen LogP contribution in [0.4, 0.5) is 0 Å². The Labute approximate surface area is 171 Å². The van der Waals surface area contributed by atoms with Gasteiger partial charge >= 0.3 is 5.97 Å². The molecule has 154 valence electrons. The molecule has 0 aromatic heterocycles.